The summed E-state index contributed by atoms with van der Waals surface area (Å²) in [7, 11) is 0. The van der Waals surface area contributed by atoms with E-state index in [1.807, 2.05) is 47.4 Å². The first-order valence-corrected chi connectivity index (χ1v) is 11.9. The molecule has 5 nitrogen and oxygen atoms in total. The van der Waals surface area contributed by atoms with E-state index in [0.29, 0.717) is 43.5 Å². The van der Waals surface area contributed by atoms with Crippen molar-refractivity contribution in [3.63, 3.8) is 0 Å². The van der Waals surface area contributed by atoms with Crippen LogP contribution in [0.5, 0.6) is 0 Å². The lowest BCUT2D eigenvalue weighted by atomic mass is 9.85. The molecule has 0 radical (unpaired) electrons. The normalized spacial score (nSPS) is 19.8. The molecule has 1 heterocycles. The van der Waals surface area contributed by atoms with E-state index < -0.39 is 17.7 Å². The smallest absolute Gasteiger partial charge is 0.416 e. The molecule has 2 aliphatic rings. The summed E-state index contributed by atoms with van der Waals surface area (Å²) in [6.07, 6.45) is -1.77. The van der Waals surface area contributed by atoms with Crippen LogP contribution in [0, 0.1) is 5.92 Å². The average Bonchev–Trinajstić information content (AvgIpc) is 3.20. The van der Waals surface area contributed by atoms with E-state index in [4.69, 9.17) is 0 Å². The number of hydrogen-bond acceptors (Lipinski definition) is 3. The van der Waals surface area contributed by atoms with Gasteiger partial charge >= 0.3 is 12.1 Å². The zero-order valence-corrected chi connectivity index (χ0v) is 19.4. The molecule has 2 N–H and O–H groups in total. The Bertz CT molecular complexity index is 1280. The van der Waals surface area contributed by atoms with Crippen LogP contribution in [0.3, 0.4) is 0 Å². The Labute approximate surface area is 206 Å². The summed E-state index contributed by atoms with van der Waals surface area (Å²) in [4.78, 5) is 26.3. The number of alkyl halides is 3. The Hall–Kier alpha value is -3.81. The lowest BCUT2D eigenvalue weighted by molar-refractivity contribution is -0.143. The number of rotatable bonds is 5. The minimum Gasteiger partial charge on any atom is -0.481 e. The summed E-state index contributed by atoms with van der Waals surface area (Å²) >= 11 is 0. The molecule has 0 spiro atoms. The molecule has 1 fully saturated rings. The second-order valence-corrected chi connectivity index (χ2v) is 9.43. The first-order chi connectivity index (χ1) is 17.2. The standard InChI is InChI=1S/C28H25F3N2O3/c29-28(30,31)21-7-11-23(12-8-21)32-22-9-3-17(4-10-22)19-1-2-20-16-33(26(34)25(20)15-19)24-13-5-18(6-14-24)27(35)36/h1-4,7-12,15,18,24,32H,5-6,13-14,16H2,(H,35,36). The van der Waals surface area contributed by atoms with Crippen LogP contribution in [0.15, 0.2) is 66.7 Å². The highest BCUT2D eigenvalue weighted by Gasteiger charge is 2.36. The van der Waals surface area contributed by atoms with Crippen molar-refractivity contribution in [2.75, 3.05) is 5.32 Å². The molecular formula is C28H25F3N2O3. The molecule has 5 rings (SSSR count). The second-order valence-electron chi connectivity index (χ2n) is 9.43. The highest BCUT2D eigenvalue weighted by molar-refractivity contribution is 5.99. The summed E-state index contributed by atoms with van der Waals surface area (Å²) in [6, 6.07) is 18.3. The van der Waals surface area contributed by atoms with Crippen molar-refractivity contribution in [2.45, 2.75) is 44.4 Å². The molecule has 0 aromatic heterocycles. The van der Waals surface area contributed by atoms with Crippen molar-refractivity contribution in [1.29, 1.82) is 0 Å². The summed E-state index contributed by atoms with van der Waals surface area (Å²) in [5.74, 6) is -1.08. The molecule has 3 aromatic carbocycles. The number of benzene rings is 3. The first kappa shape index (κ1) is 23.9. The zero-order chi connectivity index (χ0) is 25.4. The number of carboxylic acid groups (broad SMARTS) is 1. The van der Waals surface area contributed by atoms with Gasteiger partial charge in [-0.05, 0) is 84.8 Å². The molecule has 0 saturated heterocycles. The van der Waals surface area contributed by atoms with E-state index in [-0.39, 0.29) is 17.9 Å². The van der Waals surface area contributed by atoms with E-state index in [2.05, 4.69) is 5.32 Å². The van der Waals surface area contributed by atoms with Gasteiger partial charge in [0.25, 0.3) is 5.91 Å². The number of halogens is 3. The van der Waals surface area contributed by atoms with E-state index >= 15 is 0 Å². The minimum absolute atomic E-state index is 0.00813. The molecule has 3 aromatic rings. The highest BCUT2D eigenvalue weighted by atomic mass is 19.4. The number of aliphatic carboxylic acids is 1. The zero-order valence-electron chi connectivity index (χ0n) is 19.4. The number of nitrogens with zero attached hydrogens (tertiary/aromatic N) is 1. The van der Waals surface area contributed by atoms with Crippen molar-refractivity contribution in [3.8, 4) is 11.1 Å². The van der Waals surface area contributed by atoms with Crippen molar-refractivity contribution < 1.29 is 27.9 Å². The molecule has 1 saturated carbocycles. The lowest BCUT2D eigenvalue weighted by Crippen LogP contribution is -2.39. The van der Waals surface area contributed by atoms with Crippen LogP contribution < -0.4 is 5.32 Å². The van der Waals surface area contributed by atoms with Crippen molar-refractivity contribution in [3.05, 3.63) is 83.4 Å². The molecule has 0 unspecified atom stereocenters. The van der Waals surface area contributed by atoms with Gasteiger partial charge in [0.05, 0.1) is 11.5 Å². The number of carbonyl (C=O) groups excluding carboxylic acids is 1. The van der Waals surface area contributed by atoms with Gasteiger partial charge < -0.3 is 15.3 Å². The molecule has 1 amide bonds. The quantitative estimate of drug-likeness (QED) is 0.413. The maximum atomic E-state index is 13.2. The van der Waals surface area contributed by atoms with Crippen LogP contribution in [0.1, 0.15) is 47.2 Å². The van der Waals surface area contributed by atoms with E-state index in [0.717, 1.165) is 34.5 Å². The molecule has 36 heavy (non-hydrogen) atoms. The predicted octanol–water partition coefficient (Wildman–Crippen LogP) is 6.72. The predicted molar refractivity (Wildman–Crippen MR) is 130 cm³/mol. The number of carbonyl (C=O) groups is 2. The number of anilines is 2. The van der Waals surface area contributed by atoms with Gasteiger partial charge in [-0.2, -0.15) is 13.2 Å². The molecule has 1 aliphatic carbocycles. The third-order valence-corrected chi connectivity index (χ3v) is 7.15. The maximum Gasteiger partial charge on any atom is 0.416 e. The number of nitrogens with one attached hydrogen (secondary N) is 1. The van der Waals surface area contributed by atoms with Crippen molar-refractivity contribution >= 4 is 23.3 Å². The van der Waals surface area contributed by atoms with E-state index in [1.165, 1.54) is 12.1 Å². The molecule has 8 heteroatoms. The van der Waals surface area contributed by atoms with Crippen molar-refractivity contribution in [2.24, 2.45) is 5.92 Å². The van der Waals surface area contributed by atoms with Gasteiger partial charge in [0.1, 0.15) is 0 Å². The summed E-state index contributed by atoms with van der Waals surface area (Å²) < 4.78 is 38.3. The van der Waals surface area contributed by atoms with Crippen LogP contribution in [0.4, 0.5) is 24.5 Å². The van der Waals surface area contributed by atoms with Gasteiger partial charge in [-0.1, -0.05) is 24.3 Å². The van der Waals surface area contributed by atoms with Crippen LogP contribution in [-0.2, 0) is 17.5 Å². The second kappa shape index (κ2) is 9.33. The fourth-order valence-corrected chi connectivity index (χ4v) is 5.09. The Morgan fingerprint density at radius 3 is 2.03 bits per heavy atom. The molecular weight excluding hydrogens is 469 g/mol. The Morgan fingerprint density at radius 1 is 0.861 bits per heavy atom. The van der Waals surface area contributed by atoms with Crippen molar-refractivity contribution in [1.82, 2.24) is 4.90 Å². The van der Waals surface area contributed by atoms with Crippen LogP contribution >= 0.6 is 0 Å². The highest BCUT2D eigenvalue weighted by Crippen LogP contribution is 2.35. The molecule has 0 atom stereocenters. The van der Waals surface area contributed by atoms with Gasteiger partial charge in [-0.3, -0.25) is 9.59 Å². The van der Waals surface area contributed by atoms with Gasteiger partial charge in [0.2, 0.25) is 0 Å². The van der Waals surface area contributed by atoms with Crippen LogP contribution in [-0.4, -0.2) is 27.9 Å². The molecule has 1 aliphatic heterocycles. The Balaban J connectivity index is 1.26. The van der Waals surface area contributed by atoms with Gasteiger partial charge in [0, 0.05) is 29.5 Å². The van der Waals surface area contributed by atoms with Crippen LogP contribution in [0.2, 0.25) is 0 Å². The third kappa shape index (κ3) is 4.80. The number of fused-ring (bicyclic) bond motifs is 1. The van der Waals surface area contributed by atoms with Gasteiger partial charge in [-0.25, -0.2) is 0 Å². The lowest BCUT2D eigenvalue weighted by Gasteiger charge is -2.33. The summed E-state index contributed by atoms with van der Waals surface area (Å²) in [5.41, 5.74) is 4.07. The minimum atomic E-state index is -4.37. The third-order valence-electron chi connectivity index (χ3n) is 7.15. The van der Waals surface area contributed by atoms with E-state index in [1.54, 1.807) is 0 Å². The molecule has 0 bridgehead atoms. The number of carboxylic acids is 1. The average molecular weight is 495 g/mol. The topological polar surface area (TPSA) is 69.6 Å². The van der Waals surface area contributed by atoms with Gasteiger partial charge in [-0.15, -0.1) is 0 Å². The summed E-state index contributed by atoms with van der Waals surface area (Å²) in [6.45, 7) is 0.548. The molecule has 186 valence electrons. The largest absolute Gasteiger partial charge is 0.481 e. The fourth-order valence-electron chi connectivity index (χ4n) is 5.09. The van der Waals surface area contributed by atoms with Gasteiger partial charge in [0.15, 0.2) is 0 Å². The summed E-state index contributed by atoms with van der Waals surface area (Å²) in [5, 5.41) is 12.3. The number of hydrogen-bond donors (Lipinski definition) is 2. The van der Waals surface area contributed by atoms with Crippen LogP contribution in [0.25, 0.3) is 11.1 Å². The monoisotopic (exact) mass is 494 g/mol. The maximum absolute atomic E-state index is 13.2. The Morgan fingerprint density at radius 2 is 1.44 bits per heavy atom. The Kier molecular flexibility index (Phi) is 6.20. The van der Waals surface area contributed by atoms with E-state index in [9.17, 15) is 27.9 Å². The SMILES string of the molecule is O=C(O)C1CCC(N2Cc3ccc(-c4ccc(Nc5ccc(C(F)(F)F)cc5)cc4)cc3C2=O)CC1. The first-order valence-electron chi connectivity index (χ1n) is 11.9. The number of amides is 1. The fraction of sp³-hybridized carbons (Fsp3) is 0.286.